The van der Waals surface area contributed by atoms with Crippen molar-refractivity contribution in [2.24, 2.45) is 10.3 Å². The van der Waals surface area contributed by atoms with Gasteiger partial charge in [0.25, 0.3) is 0 Å². The highest BCUT2D eigenvalue weighted by Crippen LogP contribution is 2.27. The number of rotatable bonds is 2. The molecule has 0 aliphatic heterocycles. The van der Waals surface area contributed by atoms with Gasteiger partial charge >= 0.3 is 0 Å². The maximum atomic E-state index is 11.0. The lowest BCUT2D eigenvalue weighted by atomic mass is 10.3. The summed E-state index contributed by atoms with van der Waals surface area (Å²) in [5.74, 6) is -0.760. The smallest absolute Gasteiger partial charge is 0.243 e. The van der Waals surface area contributed by atoms with Gasteiger partial charge in [0, 0.05) is 0 Å². The molecule has 15 heavy (non-hydrogen) atoms. The molecule has 0 saturated carbocycles. The van der Waals surface area contributed by atoms with E-state index in [-0.39, 0.29) is 0 Å². The standard InChI is InChI=1S/C6H8N2O5S2/c7-14(10,11)5-3-1-2-4(9)6(5)15(8,12)13/h1-3,9H,(H2,7,10,11)(H2,8,12,13). The van der Waals surface area contributed by atoms with E-state index >= 15 is 0 Å². The van der Waals surface area contributed by atoms with Crippen LogP contribution in [0.15, 0.2) is 28.0 Å². The molecule has 0 atom stereocenters. The zero-order valence-electron chi connectivity index (χ0n) is 7.28. The van der Waals surface area contributed by atoms with E-state index in [2.05, 4.69) is 0 Å². The van der Waals surface area contributed by atoms with Crippen LogP contribution in [0.3, 0.4) is 0 Å². The first-order valence-corrected chi connectivity index (χ1v) is 6.61. The fourth-order valence-electron chi connectivity index (χ4n) is 1.01. The van der Waals surface area contributed by atoms with Crippen molar-refractivity contribution in [3.8, 4) is 5.75 Å². The van der Waals surface area contributed by atoms with E-state index in [4.69, 9.17) is 10.3 Å². The molecular formula is C6H8N2O5S2. The molecule has 0 amide bonds. The second kappa shape index (κ2) is 3.45. The fourth-order valence-corrected chi connectivity index (χ4v) is 3.05. The van der Waals surface area contributed by atoms with E-state index < -0.39 is 35.6 Å². The van der Waals surface area contributed by atoms with Crippen molar-refractivity contribution in [1.82, 2.24) is 0 Å². The van der Waals surface area contributed by atoms with Gasteiger partial charge < -0.3 is 5.11 Å². The maximum Gasteiger partial charge on any atom is 0.243 e. The van der Waals surface area contributed by atoms with Crippen LogP contribution in [0.25, 0.3) is 0 Å². The molecule has 1 aromatic rings. The van der Waals surface area contributed by atoms with Crippen LogP contribution in [-0.4, -0.2) is 21.9 Å². The van der Waals surface area contributed by atoms with Gasteiger partial charge in [-0.1, -0.05) is 6.07 Å². The second-order valence-electron chi connectivity index (χ2n) is 2.69. The summed E-state index contributed by atoms with van der Waals surface area (Å²) in [4.78, 5) is -1.63. The summed E-state index contributed by atoms with van der Waals surface area (Å²) < 4.78 is 44.0. The van der Waals surface area contributed by atoms with Gasteiger partial charge in [-0.05, 0) is 12.1 Å². The Kier molecular flexibility index (Phi) is 2.74. The summed E-state index contributed by atoms with van der Waals surface area (Å²) in [5.41, 5.74) is 0. The van der Waals surface area contributed by atoms with Gasteiger partial charge in [-0.15, -0.1) is 0 Å². The van der Waals surface area contributed by atoms with Gasteiger partial charge in [-0.25, -0.2) is 27.1 Å². The molecule has 0 heterocycles. The first kappa shape index (κ1) is 11.9. The molecule has 5 N–H and O–H groups in total. The molecule has 0 aliphatic rings. The Morgan fingerprint density at radius 2 is 1.53 bits per heavy atom. The summed E-state index contributed by atoms with van der Waals surface area (Å²) in [5, 5.41) is 18.7. The number of primary sulfonamides is 2. The SMILES string of the molecule is NS(=O)(=O)c1cccc(O)c1S(N)(=O)=O. The minimum Gasteiger partial charge on any atom is -0.506 e. The number of nitrogens with two attached hydrogens (primary N) is 2. The molecular weight excluding hydrogens is 244 g/mol. The quantitative estimate of drug-likeness (QED) is 0.599. The summed E-state index contributed by atoms with van der Waals surface area (Å²) in [6.07, 6.45) is 0. The molecule has 0 radical (unpaired) electrons. The van der Waals surface area contributed by atoms with E-state index in [1.807, 2.05) is 0 Å². The highest BCUT2D eigenvalue weighted by Gasteiger charge is 2.24. The maximum absolute atomic E-state index is 11.0. The fraction of sp³-hybridized carbons (Fsp3) is 0. The van der Waals surface area contributed by atoms with Crippen LogP contribution < -0.4 is 10.3 Å². The number of phenols is 1. The molecule has 9 heteroatoms. The van der Waals surface area contributed by atoms with Crippen molar-refractivity contribution in [3.63, 3.8) is 0 Å². The second-order valence-corrected chi connectivity index (χ2v) is 5.72. The molecule has 0 unspecified atom stereocenters. The van der Waals surface area contributed by atoms with Crippen LogP contribution >= 0.6 is 0 Å². The summed E-state index contributed by atoms with van der Waals surface area (Å²) in [6.45, 7) is 0. The van der Waals surface area contributed by atoms with Gasteiger partial charge in [0.1, 0.15) is 15.5 Å². The van der Waals surface area contributed by atoms with Crippen molar-refractivity contribution >= 4 is 20.0 Å². The van der Waals surface area contributed by atoms with E-state index in [0.29, 0.717) is 0 Å². The Morgan fingerprint density at radius 3 is 1.87 bits per heavy atom. The number of hydrogen-bond donors (Lipinski definition) is 3. The molecule has 0 spiro atoms. The van der Waals surface area contributed by atoms with Crippen molar-refractivity contribution in [1.29, 1.82) is 0 Å². The Hall–Kier alpha value is -1.16. The molecule has 0 aliphatic carbocycles. The van der Waals surface area contributed by atoms with E-state index in [0.717, 1.165) is 18.2 Å². The minimum atomic E-state index is -4.36. The van der Waals surface area contributed by atoms with Gasteiger partial charge in [0.15, 0.2) is 0 Å². The van der Waals surface area contributed by atoms with Crippen LogP contribution in [0, 0.1) is 0 Å². The van der Waals surface area contributed by atoms with Crippen molar-refractivity contribution < 1.29 is 21.9 Å². The molecule has 1 rings (SSSR count). The lowest BCUT2D eigenvalue weighted by Crippen LogP contribution is -2.20. The van der Waals surface area contributed by atoms with E-state index in [1.54, 1.807) is 0 Å². The van der Waals surface area contributed by atoms with Crippen LogP contribution in [0.2, 0.25) is 0 Å². The number of phenolic OH excluding ortho intramolecular Hbond substituents is 1. The van der Waals surface area contributed by atoms with Crippen molar-refractivity contribution in [2.45, 2.75) is 9.79 Å². The van der Waals surface area contributed by atoms with Crippen LogP contribution in [-0.2, 0) is 20.0 Å². The van der Waals surface area contributed by atoms with Gasteiger partial charge in [-0.2, -0.15) is 0 Å². The third-order valence-corrected chi connectivity index (χ3v) is 3.63. The van der Waals surface area contributed by atoms with Gasteiger partial charge in [-0.3, -0.25) is 0 Å². The zero-order chi connectivity index (χ0) is 11.9. The summed E-state index contributed by atoms with van der Waals surface area (Å²) in [6, 6.07) is 3.08. The molecule has 0 saturated heterocycles. The Morgan fingerprint density at radius 1 is 1.00 bits per heavy atom. The average Bonchev–Trinajstić information content (AvgIpc) is 1.99. The molecule has 0 bridgehead atoms. The molecule has 7 nitrogen and oxygen atoms in total. The third-order valence-electron chi connectivity index (χ3n) is 1.55. The monoisotopic (exact) mass is 252 g/mol. The topological polar surface area (TPSA) is 141 Å². The molecule has 0 fully saturated rings. The number of benzene rings is 1. The largest absolute Gasteiger partial charge is 0.506 e. The van der Waals surface area contributed by atoms with Gasteiger partial charge in [0.05, 0.1) is 0 Å². The Balaban J connectivity index is 3.79. The average molecular weight is 252 g/mol. The first-order chi connectivity index (χ1) is 6.64. The minimum absolute atomic E-state index is 0.731. The van der Waals surface area contributed by atoms with Crippen LogP contribution in [0.1, 0.15) is 0 Å². The Bertz CT molecular complexity index is 590. The lowest BCUT2D eigenvalue weighted by Gasteiger charge is -2.06. The normalized spacial score (nSPS) is 12.7. The highest BCUT2D eigenvalue weighted by molar-refractivity contribution is 7.92. The van der Waals surface area contributed by atoms with E-state index in [1.165, 1.54) is 0 Å². The lowest BCUT2D eigenvalue weighted by molar-refractivity contribution is 0.453. The first-order valence-electron chi connectivity index (χ1n) is 3.51. The third kappa shape index (κ3) is 2.45. The van der Waals surface area contributed by atoms with Crippen LogP contribution in [0.4, 0.5) is 0 Å². The van der Waals surface area contributed by atoms with Crippen LogP contribution in [0.5, 0.6) is 5.75 Å². The molecule has 1 aromatic carbocycles. The number of hydrogen-bond acceptors (Lipinski definition) is 5. The summed E-state index contributed by atoms with van der Waals surface area (Å²) >= 11 is 0. The zero-order valence-corrected chi connectivity index (χ0v) is 8.92. The predicted molar refractivity (Wildman–Crippen MR) is 50.9 cm³/mol. The number of sulfonamides is 2. The highest BCUT2D eigenvalue weighted by atomic mass is 32.2. The van der Waals surface area contributed by atoms with Crippen molar-refractivity contribution in [3.05, 3.63) is 18.2 Å². The number of aromatic hydroxyl groups is 1. The van der Waals surface area contributed by atoms with Gasteiger partial charge in [0.2, 0.25) is 20.0 Å². The summed E-state index contributed by atoms with van der Waals surface area (Å²) in [7, 11) is -8.61. The van der Waals surface area contributed by atoms with E-state index in [9.17, 15) is 21.9 Å². The molecule has 0 aromatic heterocycles. The Labute approximate surface area is 86.4 Å². The van der Waals surface area contributed by atoms with Crippen molar-refractivity contribution in [2.75, 3.05) is 0 Å². The predicted octanol–water partition coefficient (Wildman–Crippen LogP) is -1.31. The molecule has 84 valence electrons.